The van der Waals surface area contributed by atoms with E-state index in [1.807, 2.05) is 80.3 Å². The van der Waals surface area contributed by atoms with Crippen molar-refractivity contribution in [2.24, 2.45) is 5.41 Å². The molecule has 2 heterocycles. The maximum Gasteiger partial charge on any atom is 0.410 e. The SMILES string of the molecule is COCC[C@H](CSc1ccccc1)Nc1ccc(S(=O)(=O)NC(=O)c2ccc(N3CCN(CC4=C(c5ccc(Cl)cc5)CCC(C)(CN5CCN(C(=O)OC(C)(C)C)CC5)C4)CC3)cc2)cc1[N+](=O)[O-]. The number of hydrogen-bond acceptors (Lipinski definition) is 13. The van der Waals surface area contributed by atoms with Gasteiger partial charge in [0.15, 0.2) is 0 Å². The Kier molecular flexibility index (Phi) is 17.6. The van der Waals surface area contributed by atoms with E-state index in [1.165, 1.54) is 28.8 Å². The molecule has 0 spiro atoms. The molecule has 70 heavy (non-hydrogen) atoms. The molecule has 15 nitrogen and oxygen atoms in total. The number of piperazine rings is 2. The van der Waals surface area contributed by atoms with Gasteiger partial charge in [0.05, 0.1) is 9.82 Å². The second-order valence-corrected chi connectivity index (χ2v) is 23.0. The van der Waals surface area contributed by atoms with E-state index in [9.17, 15) is 28.1 Å². The third-order valence-corrected chi connectivity index (χ3v) is 15.8. The lowest BCUT2D eigenvalue weighted by molar-refractivity contribution is -0.384. The standard InChI is InChI=1S/C52H66ClN7O8S2/c1-51(2,3)68-50(62)59-30-26-57(27-31-59)37-52(4)23-21-46(38-11-15-41(53)16-12-38)40(34-52)35-56-24-28-58(29-25-56)43-17-13-39(14-18-43)49(61)55-70(65,66)45-19-20-47(48(33-45)60(63)64)54-42(22-32-67-5)36-69-44-9-7-6-8-10-44/h6-20,33,42,54H,21-32,34-37H2,1-5H3,(H,55,61)/t42-,52?/m1/s1. The lowest BCUT2D eigenvalue weighted by Crippen LogP contribution is -2.52. The number of carbonyl (C=O) groups is 2. The number of benzene rings is 4. The van der Waals surface area contributed by atoms with Crippen LogP contribution in [0.15, 0.2) is 112 Å². The fourth-order valence-electron chi connectivity index (χ4n) is 9.39. The van der Waals surface area contributed by atoms with Crippen LogP contribution in [0.4, 0.5) is 21.9 Å². The highest BCUT2D eigenvalue weighted by atomic mass is 35.5. The fraction of sp³-hybridized carbons (Fsp3) is 0.462. The van der Waals surface area contributed by atoms with Crippen molar-refractivity contribution in [2.45, 2.75) is 74.8 Å². The van der Waals surface area contributed by atoms with Crippen LogP contribution in [0.2, 0.25) is 5.02 Å². The zero-order valence-corrected chi connectivity index (χ0v) is 43.2. The maximum absolute atomic E-state index is 13.5. The van der Waals surface area contributed by atoms with E-state index in [1.54, 1.807) is 31.0 Å². The molecule has 2 saturated heterocycles. The first-order valence-electron chi connectivity index (χ1n) is 23.9. The Bertz CT molecular complexity index is 2580. The highest BCUT2D eigenvalue weighted by molar-refractivity contribution is 7.99. The zero-order chi connectivity index (χ0) is 50.1. The van der Waals surface area contributed by atoms with E-state index in [0.29, 0.717) is 36.9 Å². The average Bonchev–Trinajstić information content (AvgIpc) is 3.33. The van der Waals surface area contributed by atoms with Crippen LogP contribution in [0.25, 0.3) is 5.57 Å². The van der Waals surface area contributed by atoms with Crippen LogP contribution in [-0.4, -0.2) is 137 Å². The third-order valence-electron chi connectivity index (χ3n) is 13.1. The van der Waals surface area contributed by atoms with Crippen molar-refractivity contribution in [1.82, 2.24) is 19.4 Å². The number of anilines is 2. The number of nitrogens with zero attached hydrogens (tertiary/aromatic N) is 5. The van der Waals surface area contributed by atoms with Gasteiger partial charge in [0, 0.05) is 118 Å². The topological polar surface area (TPSA) is 167 Å². The molecule has 1 unspecified atom stereocenters. The van der Waals surface area contributed by atoms with Crippen LogP contribution < -0.4 is 14.9 Å². The molecule has 18 heteroatoms. The van der Waals surface area contributed by atoms with Gasteiger partial charge in [-0.05, 0) is 124 Å². The number of nitro groups is 1. The van der Waals surface area contributed by atoms with E-state index in [2.05, 4.69) is 43.8 Å². The fourth-order valence-corrected chi connectivity index (χ4v) is 11.5. The Balaban J connectivity index is 0.945. The van der Waals surface area contributed by atoms with Gasteiger partial charge in [0.25, 0.3) is 21.6 Å². The van der Waals surface area contributed by atoms with E-state index in [0.717, 1.165) is 88.3 Å². The Morgan fingerprint density at radius 2 is 1.57 bits per heavy atom. The zero-order valence-electron chi connectivity index (χ0n) is 40.8. The highest BCUT2D eigenvalue weighted by Gasteiger charge is 2.36. The minimum absolute atomic E-state index is 0.0744. The lowest BCUT2D eigenvalue weighted by Gasteiger charge is -2.44. The summed E-state index contributed by atoms with van der Waals surface area (Å²) in [4.78, 5) is 47.4. The summed E-state index contributed by atoms with van der Waals surface area (Å²) in [5.41, 5.74) is 4.41. The van der Waals surface area contributed by atoms with Gasteiger partial charge in [-0.15, -0.1) is 11.8 Å². The van der Waals surface area contributed by atoms with E-state index in [-0.39, 0.29) is 28.8 Å². The first-order valence-corrected chi connectivity index (χ1v) is 26.7. The number of halogens is 1. The first kappa shape index (κ1) is 52.6. The summed E-state index contributed by atoms with van der Waals surface area (Å²) in [6.45, 7) is 16.5. The highest BCUT2D eigenvalue weighted by Crippen LogP contribution is 2.44. The molecule has 0 bridgehead atoms. The van der Waals surface area contributed by atoms with E-state index in [4.69, 9.17) is 21.1 Å². The van der Waals surface area contributed by atoms with Gasteiger partial charge in [0.1, 0.15) is 11.3 Å². The van der Waals surface area contributed by atoms with Gasteiger partial charge in [-0.25, -0.2) is 17.9 Å². The van der Waals surface area contributed by atoms with Crippen molar-refractivity contribution in [1.29, 1.82) is 0 Å². The van der Waals surface area contributed by atoms with Crippen LogP contribution in [-0.2, 0) is 19.5 Å². The molecular weight excluding hydrogens is 950 g/mol. The number of ether oxygens (including phenoxy) is 2. The molecule has 0 radical (unpaired) electrons. The molecule has 0 aromatic heterocycles. The summed E-state index contributed by atoms with van der Waals surface area (Å²) in [6.07, 6.45) is 3.32. The molecule has 4 aromatic rings. The lowest BCUT2D eigenvalue weighted by atomic mass is 9.71. The predicted molar refractivity (Wildman–Crippen MR) is 278 cm³/mol. The molecular formula is C52H66ClN7O8S2. The molecule has 2 N–H and O–H groups in total. The van der Waals surface area contributed by atoms with E-state index >= 15 is 0 Å². The van der Waals surface area contributed by atoms with Gasteiger partial charge < -0.3 is 24.6 Å². The average molecular weight is 1020 g/mol. The first-order chi connectivity index (χ1) is 33.4. The largest absolute Gasteiger partial charge is 0.444 e. The smallest absolute Gasteiger partial charge is 0.410 e. The molecule has 0 saturated carbocycles. The quantitative estimate of drug-likeness (QED) is 0.0551. The van der Waals surface area contributed by atoms with Crippen molar-refractivity contribution in [2.75, 3.05) is 95.1 Å². The molecule has 4 aromatic carbocycles. The maximum atomic E-state index is 13.5. The summed E-state index contributed by atoms with van der Waals surface area (Å²) in [5, 5.41) is 16.2. The van der Waals surface area contributed by atoms with E-state index < -0.39 is 37.0 Å². The Morgan fingerprint density at radius 3 is 2.21 bits per heavy atom. The molecule has 2 amide bonds. The van der Waals surface area contributed by atoms with Gasteiger partial charge in [-0.3, -0.25) is 24.7 Å². The van der Waals surface area contributed by atoms with Crippen molar-refractivity contribution in [3.63, 3.8) is 0 Å². The summed E-state index contributed by atoms with van der Waals surface area (Å²) >= 11 is 7.91. The van der Waals surface area contributed by atoms with Crippen LogP contribution in [0.1, 0.15) is 69.3 Å². The molecule has 376 valence electrons. The van der Waals surface area contributed by atoms with Gasteiger partial charge in [-0.2, -0.15) is 0 Å². The predicted octanol–water partition coefficient (Wildman–Crippen LogP) is 9.29. The number of nitrogens with one attached hydrogen (secondary N) is 2. The Morgan fingerprint density at radius 1 is 0.900 bits per heavy atom. The second kappa shape index (κ2) is 23.4. The number of amides is 2. The summed E-state index contributed by atoms with van der Waals surface area (Å²) in [5.74, 6) is -0.256. The van der Waals surface area contributed by atoms with Crippen LogP contribution >= 0.6 is 23.4 Å². The molecule has 2 aliphatic heterocycles. The van der Waals surface area contributed by atoms with Gasteiger partial charge in [-0.1, -0.05) is 54.4 Å². The summed E-state index contributed by atoms with van der Waals surface area (Å²) in [6, 6.07) is 28.2. The number of carbonyl (C=O) groups excluding carboxylic acids is 2. The summed E-state index contributed by atoms with van der Waals surface area (Å²) in [7, 11) is -2.88. The Hall–Kier alpha value is -5.17. The van der Waals surface area contributed by atoms with Crippen LogP contribution in [0.5, 0.6) is 0 Å². The minimum Gasteiger partial charge on any atom is -0.444 e. The Labute approximate surface area is 422 Å². The van der Waals surface area contributed by atoms with Crippen molar-refractivity contribution >= 4 is 68.0 Å². The van der Waals surface area contributed by atoms with Gasteiger partial charge >= 0.3 is 6.09 Å². The molecule has 3 aliphatic rings. The molecule has 2 fully saturated rings. The van der Waals surface area contributed by atoms with Crippen molar-refractivity contribution < 1.29 is 32.4 Å². The number of thioether (sulfide) groups is 1. The number of nitro benzene ring substituents is 1. The van der Waals surface area contributed by atoms with Crippen LogP contribution in [0, 0.1) is 15.5 Å². The molecule has 2 atom stereocenters. The van der Waals surface area contributed by atoms with Gasteiger partial charge in [0.2, 0.25) is 0 Å². The molecule has 7 rings (SSSR count). The minimum atomic E-state index is -4.47. The molecule has 1 aliphatic carbocycles. The number of rotatable bonds is 18. The number of allylic oxidation sites excluding steroid dienone is 1. The monoisotopic (exact) mass is 1020 g/mol. The number of hydrogen-bond donors (Lipinski definition) is 2. The normalized spacial score (nSPS) is 18.9. The van der Waals surface area contributed by atoms with Crippen molar-refractivity contribution in [3.8, 4) is 0 Å². The van der Waals surface area contributed by atoms with Crippen molar-refractivity contribution in [3.05, 3.63) is 129 Å². The summed E-state index contributed by atoms with van der Waals surface area (Å²) < 4.78 is 40.0. The number of methoxy groups -OCH3 is 1. The van der Waals surface area contributed by atoms with Crippen LogP contribution in [0.3, 0.4) is 0 Å². The number of sulfonamides is 1. The second-order valence-electron chi connectivity index (χ2n) is 19.7. The third kappa shape index (κ3) is 14.5.